The molecule has 0 saturated carbocycles. The summed E-state index contributed by atoms with van der Waals surface area (Å²) in [4.78, 5) is 2.14. The van der Waals surface area contributed by atoms with Gasteiger partial charge in [-0.3, -0.25) is 0 Å². The van der Waals surface area contributed by atoms with Crippen molar-refractivity contribution in [2.75, 3.05) is 0 Å². The van der Waals surface area contributed by atoms with Gasteiger partial charge in [-0.1, -0.05) is 23.7 Å². The van der Waals surface area contributed by atoms with Gasteiger partial charge in [0.25, 0.3) is 9.84 Å². The summed E-state index contributed by atoms with van der Waals surface area (Å²) in [6.45, 7) is 0. The lowest BCUT2D eigenvalue weighted by atomic mass is 10.1. The van der Waals surface area contributed by atoms with Crippen LogP contribution in [0.25, 0.3) is 11.3 Å². The third-order valence-electron chi connectivity index (χ3n) is 2.64. The fourth-order valence-corrected chi connectivity index (χ4v) is 2.52. The van der Waals surface area contributed by atoms with Crippen LogP contribution in [0.4, 0.5) is 13.2 Å². The Kier molecular flexibility index (Phi) is 3.74. The number of nitrogens with one attached hydrogen (secondary N) is 1. The standard InChI is InChI=1S/C12H6ClF3N2O2S/c13-9-3-1-7(2-4-9)11-8(6-17)5-10(18-11)21(19,20)12(14,15)16/h1-5,18H. The quantitative estimate of drug-likeness (QED) is 0.913. The molecule has 0 aliphatic rings. The Bertz CT molecular complexity index is 818. The zero-order valence-electron chi connectivity index (χ0n) is 10.1. The van der Waals surface area contributed by atoms with Crippen LogP contribution in [-0.4, -0.2) is 18.9 Å². The Labute approximate surface area is 122 Å². The van der Waals surface area contributed by atoms with Gasteiger partial charge < -0.3 is 4.98 Å². The molecule has 0 aliphatic carbocycles. The van der Waals surface area contributed by atoms with Crippen molar-refractivity contribution >= 4 is 21.4 Å². The third-order valence-corrected chi connectivity index (χ3v) is 4.30. The molecule has 0 amide bonds. The van der Waals surface area contributed by atoms with Gasteiger partial charge in [-0.25, -0.2) is 8.42 Å². The molecule has 1 heterocycles. The predicted octanol–water partition coefficient (Wildman–Crippen LogP) is 3.50. The first-order chi connectivity index (χ1) is 9.66. The molecule has 1 N–H and O–H groups in total. The van der Waals surface area contributed by atoms with E-state index in [9.17, 15) is 21.6 Å². The maximum atomic E-state index is 12.5. The average molecular weight is 335 g/mol. The first kappa shape index (κ1) is 15.4. The van der Waals surface area contributed by atoms with Gasteiger partial charge in [-0.2, -0.15) is 18.4 Å². The van der Waals surface area contributed by atoms with Crippen LogP contribution in [0.3, 0.4) is 0 Å². The van der Waals surface area contributed by atoms with Crippen molar-refractivity contribution in [3.63, 3.8) is 0 Å². The van der Waals surface area contributed by atoms with Crippen LogP contribution in [0.5, 0.6) is 0 Å². The first-order valence-corrected chi connectivity index (χ1v) is 7.23. The van der Waals surface area contributed by atoms with Crippen molar-refractivity contribution in [3.05, 3.63) is 40.9 Å². The van der Waals surface area contributed by atoms with E-state index >= 15 is 0 Å². The van der Waals surface area contributed by atoms with Crippen LogP contribution < -0.4 is 0 Å². The van der Waals surface area contributed by atoms with E-state index in [2.05, 4.69) is 4.98 Å². The van der Waals surface area contributed by atoms with Gasteiger partial charge >= 0.3 is 5.51 Å². The molecule has 4 nitrogen and oxygen atoms in total. The van der Waals surface area contributed by atoms with Crippen molar-refractivity contribution in [1.29, 1.82) is 5.26 Å². The van der Waals surface area contributed by atoms with Crippen molar-refractivity contribution in [3.8, 4) is 17.3 Å². The molecule has 0 spiro atoms. The van der Waals surface area contributed by atoms with Gasteiger partial charge in [0.15, 0.2) is 0 Å². The molecule has 110 valence electrons. The number of hydrogen-bond acceptors (Lipinski definition) is 3. The fourth-order valence-electron chi connectivity index (χ4n) is 1.63. The molecule has 0 unspecified atom stereocenters. The number of sulfone groups is 1. The van der Waals surface area contributed by atoms with Gasteiger partial charge in [0.2, 0.25) is 0 Å². The maximum absolute atomic E-state index is 12.5. The van der Waals surface area contributed by atoms with Crippen LogP contribution in [0.1, 0.15) is 5.56 Å². The van der Waals surface area contributed by atoms with E-state index in [1.807, 2.05) is 0 Å². The zero-order chi connectivity index (χ0) is 15.8. The monoisotopic (exact) mass is 334 g/mol. The average Bonchev–Trinajstić information content (AvgIpc) is 2.83. The molecule has 1 aromatic carbocycles. The van der Waals surface area contributed by atoms with Crippen molar-refractivity contribution in [1.82, 2.24) is 4.98 Å². The fraction of sp³-hybridized carbons (Fsp3) is 0.0833. The largest absolute Gasteiger partial charge is 0.503 e. The Balaban J connectivity index is 2.62. The van der Waals surface area contributed by atoms with Crippen LogP contribution >= 0.6 is 11.6 Å². The van der Waals surface area contributed by atoms with E-state index in [1.165, 1.54) is 24.3 Å². The van der Waals surface area contributed by atoms with E-state index in [-0.39, 0.29) is 11.3 Å². The van der Waals surface area contributed by atoms with E-state index < -0.39 is 20.4 Å². The smallest absolute Gasteiger partial charge is 0.344 e. The summed E-state index contributed by atoms with van der Waals surface area (Å²) in [7, 11) is -5.54. The lowest BCUT2D eigenvalue weighted by Crippen LogP contribution is -2.23. The number of H-pyrrole nitrogens is 1. The molecule has 2 rings (SSSR count). The molecule has 2 aromatic rings. The highest BCUT2D eigenvalue weighted by molar-refractivity contribution is 7.92. The van der Waals surface area contributed by atoms with E-state index in [4.69, 9.17) is 16.9 Å². The number of nitrogens with zero attached hydrogens (tertiary/aromatic N) is 1. The number of benzene rings is 1. The number of halogens is 4. The molecular formula is C12H6ClF3N2O2S. The van der Waals surface area contributed by atoms with E-state index in [0.717, 1.165) is 0 Å². The molecule has 0 atom stereocenters. The van der Waals surface area contributed by atoms with Gasteiger partial charge in [0.1, 0.15) is 11.1 Å². The van der Waals surface area contributed by atoms with E-state index in [0.29, 0.717) is 16.7 Å². The Morgan fingerprint density at radius 3 is 2.24 bits per heavy atom. The first-order valence-electron chi connectivity index (χ1n) is 5.37. The number of rotatable bonds is 2. The summed E-state index contributed by atoms with van der Waals surface area (Å²) in [6, 6.07) is 8.17. The normalized spacial score (nSPS) is 12.1. The van der Waals surface area contributed by atoms with Crippen LogP contribution in [0, 0.1) is 11.3 Å². The van der Waals surface area contributed by atoms with Crippen LogP contribution in [0.15, 0.2) is 35.4 Å². The Hall–Kier alpha value is -1.98. The summed E-state index contributed by atoms with van der Waals surface area (Å²) in [5.74, 6) is 0. The number of nitriles is 1. The van der Waals surface area contributed by atoms with Gasteiger partial charge in [0.05, 0.1) is 11.3 Å². The summed E-state index contributed by atoms with van der Waals surface area (Å²) in [6.07, 6.45) is 0. The van der Waals surface area contributed by atoms with Gasteiger partial charge in [-0.05, 0) is 23.8 Å². The van der Waals surface area contributed by atoms with Gasteiger partial charge in [0, 0.05) is 5.02 Å². The molecule has 0 saturated heterocycles. The molecule has 0 radical (unpaired) electrons. The molecule has 0 fully saturated rings. The molecule has 0 bridgehead atoms. The summed E-state index contributed by atoms with van der Waals surface area (Å²) < 4.78 is 60.2. The van der Waals surface area contributed by atoms with Gasteiger partial charge in [-0.15, -0.1) is 0 Å². The van der Waals surface area contributed by atoms with Crippen LogP contribution in [0.2, 0.25) is 5.02 Å². The molecule has 0 aliphatic heterocycles. The number of hydrogen-bond donors (Lipinski definition) is 1. The number of aromatic amines is 1. The van der Waals surface area contributed by atoms with Crippen LogP contribution in [-0.2, 0) is 9.84 Å². The lowest BCUT2D eigenvalue weighted by Gasteiger charge is -2.05. The predicted molar refractivity (Wildman–Crippen MR) is 69.2 cm³/mol. The lowest BCUT2D eigenvalue weighted by molar-refractivity contribution is -0.0437. The molecule has 1 aromatic heterocycles. The number of alkyl halides is 3. The minimum atomic E-state index is -5.54. The molecule has 9 heteroatoms. The minimum absolute atomic E-state index is 0.0167. The van der Waals surface area contributed by atoms with E-state index in [1.54, 1.807) is 6.07 Å². The topological polar surface area (TPSA) is 73.7 Å². The number of aromatic nitrogens is 1. The summed E-state index contributed by atoms with van der Waals surface area (Å²) in [5.41, 5.74) is -5.32. The molecule has 21 heavy (non-hydrogen) atoms. The second kappa shape index (κ2) is 5.09. The Morgan fingerprint density at radius 1 is 1.19 bits per heavy atom. The summed E-state index contributed by atoms with van der Waals surface area (Å²) >= 11 is 5.69. The zero-order valence-corrected chi connectivity index (χ0v) is 11.6. The Morgan fingerprint density at radius 2 is 1.76 bits per heavy atom. The SMILES string of the molecule is N#Cc1cc(S(=O)(=O)C(F)(F)F)[nH]c1-c1ccc(Cl)cc1. The second-order valence-electron chi connectivity index (χ2n) is 3.99. The highest BCUT2D eigenvalue weighted by atomic mass is 35.5. The van der Waals surface area contributed by atoms with Crippen molar-refractivity contribution < 1.29 is 21.6 Å². The highest BCUT2D eigenvalue weighted by Gasteiger charge is 2.48. The third kappa shape index (κ3) is 2.75. The second-order valence-corrected chi connectivity index (χ2v) is 6.34. The van der Waals surface area contributed by atoms with Crippen molar-refractivity contribution in [2.45, 2.75) is 10.5 Å². The highest BCUT2D eigenvalue weighted by Crippen LogP contribution is 2.33. The summed E-state index contributed by atoms with van der Waals surface area (Å²) in [5, 5.41) is 8.27. The molecular weight excluding hydrogens is 329 g/mol. The minimum Gasteiger partial charge on any atom is -0.344 e. The van der Waals surface area contributed by atoms with Crippen molar-refractivity contribution in [2.24, 2.45) is 0 Å². The maximum Gasteiger partial charge on any atom is 0.503 e.